The third-order valence-electron chi connectivity index (χ3n) is 2.76. The van der Waals surface area contributed by atoms with Crippen LogP contribution in [-0.4, -0.2) is 24.4 Å². The quantitative estimate of drug-likeness (QED) is 0.669. The van der Waals surface area contributed by atoms with Crippen molar-refractivity contribution in [2.45, 2.75) is 18.5 Å². The lowest BCUT2D eigenvalue weighted by Crippen LogP contribution is -2.41. The minimum absolute atomic E-state index is 0.0383. The lowest BCUT2D eigenvalue weighted by Gasteiger charge is -2.15. The summed E-state index contributed by atoms with van der Waals surface area (Å²) < 4.78 is 0. The van der Waals surface area contributed by atoms with Crippen LogP contribution in [0.2, 0.25) is 0 Å². The van der Waals surface area contributed by atoms with Crippen LogP contribution in [-0.2, 0) is 9.59 Å². The van der Waals surface area contributed by atoms with Crippen molar-refractivity contribution in [3.8, 4) is 0 Å². The Hall–Kier alpha value is -1.88. The smallest absolute Gasteiger partial charge is 0.241 e. The van der Waals surface area contributed by atoms with E-state index in [1.807, 2.05) is 30.3 Å². The topological polar surface area (TPSA) is 84.2 Å². The van der Waals surface area contributed by atoms with E-state index in [0.717, 1.165) is 5.56 Å². The molecular weight excluding hydrogens is 218 g/mol. The molecule has 1 fully saturated rings. The average Bonchev–Trinajstić information content (AvgIpc) is 2.75. The number of nitrogens with two attached hydrogens (primary N) is 1. The average molecular weight is 233 g/mol. The van der Waals surface area contributed by atoms with Crippen LogP contribution < -0.4 is 16.4 Å². The van der Waals surface area contributed by atoms with Crippen molar-refractivity contribution in [3.05, 3.63) is 35.9 Å². The molecule has 2 rings (SSSR count). The molecule has 5 heteroatoms. The summed E-state index contributed by atoms with van der Waals surface area (Å²) in [6.45, 7) is 0.478. The van der Waals surface area contributed by atoms with Crippen LogP contribution in [0.15, 0.2) is 30.3 Å². The number of rotatable bonds is 3. The monoisotopic (exact) mass is 233 g/mol. The molecule has 1 aliphatic rings. The molecule has 4 N–H and O–H groups in total. The minimum atomic E-state index is -0.688. The maximum atomic E-state index is 11.8. The van der Waals surface area contributed by atoms with Gasteiger partial charge < -0.3 is 16.4 Å². The Balaban J connectivity index is 1.94. The molecule has 5 nitrogen and oxygen atoms in total. The van der Waals surface area contributed by atoms with E-state index >= 15 is 0 Å². The first-order valence-electron chi connectivity index (χ1n) is 5.54. The molecule has 1 saturated heterocycles. The van der Waals surface area contributed by atoms with E-state index in [9.17, 15) is 9.59 Å². The van der Waals surface area contributed by atoms with Gasteiger partial charge in [0.1, 0.15) is 6.04 Å². The third kappa shape index (κ3) is 2.82. The van der Waals surface area contributed by atoms with Gasteiger partial charge in [0.05, 0.1) is 6.04 Å². The van der Waals surface area contributed by atoms with Gasteiger partial charge in [0.15, 0.2) is 0 Å². The van der Waals surface area contributed by atoms with Crippen molar-refractivity contribution in [2.75, 3.05) is 6.54 Å². The number of hydrogen-bond donors (Lipinski definition) is 3. The number of benzene rings is 1. The zero-order valence-corrected chi connectivity index (χ0v) is 9.35. The molecule has 0 aliphatic carbocycles. The zero-order valence-electron chi connectivity index (χ0n) is 9.35. The maximum absolute atomic E-state index is 11.8. The van der Waals surface area contributed by atoms with Crippen molar-refractivity contribution in [2.24, 2.45) is 5.73 Å². The van der Waals surface area contributed by atoms with Crippen molar-refractivity contribution in [3.63, 3.8) is 0 Å². The first kappa shape index (κ1) is 11.6. The Morgan fingerprint density at radius 1 is 1.41 bits per heavy atom. The molecule has 0 bridgehead atoms. The Morgan fingerprint density at radius 3 is 2.71 bits per heavy atom. The predicted octanol–water partition coefficient (Wildman–Crippen LogP) is -0.309. The molecule has 1 aromatic rings. The summed E-state index contributed by atoms with van der Waals surface area (Å²) in [6, 6.07) is 8.32. The van der Waals surface area contributed by atoms with Gasteiger partial charge in [0.25, 0.3) is 0 Å². The van der Waals surface area contributed by atoms with Crippen LogP contribution in [0.4, 0.5) is 0 Å². The molecule has 1 heterocycles. The number of hydrogen-bond acceptors (Lipinski definition) is 3. The van der Waals surface area contributed by atoms with Gasteiger partial charge >= 0.3 is 0 Å². The maximum Gasteiger partial charge on any atom is 0.241 e. The van der Waals surface area contributed by atoms with E-state index in [1.165, 1.54) is 0 Å². The second-order valence-corrected chi connectivity index (χ2v) is 4.10. The van der Waals surface area contributed by atoms with Crippen molar-refractivity contribution < 1.29 is 9.59 Å². The molecule has 0 aromatic heterocycles. The fourth-order valence-corrected chi connectivity index (χ4v) is 1.81. The van der Waals surface area contributed by atoms with E-state index in [0.29, 0.717) is 13.0 Å². The molecule has 17 heavy (non-hydrogen) atoms. The zero-order chi connectivity index (χ0) is 12.3. The lowest BCUT2D eigenvalue weighted by molar-refractivity contribution is -0.123. The summed E-state index contributed by atoms with van der Waals surface area (Å²) in [5.74, 6) is -0.290. The molecule has 90 valence electrons. The standard InChI is InChI=1S/C12H15N3O2/c13-11(8-4-2-1-3-5-8)12(17)15-9-6-10(16)14-7-9/h1-5,9,11H,6-7,13H2,(H,14,16)(H,15,17)/t9?,11-/m0/s1. The molecule has 0 radical (unpaired) electrons. The highest BCUT2D eigenvalue weighted by Gasteiger charge is 2.25. The normalized spacial score (nSPS) is 20.8. The summed E-state index contributed by atoms with van der Waals surface area (Å²) in [6.07, 6.45) is 0.327. The summed E-state index contributed by atoms with van der Waals surface area (Å²) in [7, 11) is 0. The van der Waals surface area contributed by atoms with Gasteiger partial charge in [-0.3, -0.25) is 9.59 Å². The first-order valence-corrected chi connectivity index (χ1v) is 5.54. The summed E-state index contributed by atoms with van der Waals surface area (Å²) >= 11 is 0. The number of carbonyl (C=O) groups excluding carboxylic acids is 2. The van der Waals surface area contributed by atoms with Crippen molar-refractivity contribution in [1.82, 2.24) is 10.6 Å². The molecule has 2 atom stereocenters. The fourth-order valence-electron chi connectivity index (χ4n) is 1.81. The molecule has 2 amide bonds. The molecule has 0 spiro atoms. The van der Waals surface area contributed by atoms with Crippen LogP contribution in [0.5, 0.6) is 0 Å². The number of amides is 2. The van der Waals surface area contributed by atoms with Gasteiger partial charge in [-0.05, 0) is 5.56 Å². The highest BCUT2D eigenvalue weighted by molar-refractivity contribution is 5.85. The van der Waals surface area contributed by atoms with E-state index < -0.39 is 6.04 Å². The minimum Gasteiger partial charge on any atom is -0.354 e. The highest BCUT2D eigenvalue weighted by atomic mass is 16.2. The lowest BCUT2D eigenvalue weighted by atomic mass is 10.1. The van der Waals surface area contributed by atoms with Crippen LogP contribution in [0.25, 0.3) is 0 Å². The van der Waals surface area contributed by atoms with E-state index in [4.69, 9.17) is 5.73 Å². The first-order chi connectivity index (χ1) is 8.16. The largest absolute Gasteiger partial charge is 0.354 e. The van der Waals surface area contributed by atoms with Gasteiger partial charge in [-0.1, -0.05) is 30.3 Å². The summed E-state index contributed by atoms with van der Waals surface area (Å²) in [5, 5.41) is 5.42. The highest BCUT2D eigenvalue weighted by Crippen LogP contribution is 2.10. The SMILES string of the molecule is N[C@H](C(=O)NC1CNC(=O)C1)c1ccccc1. The second-order valence-electron chi connectivity index (χ2n) is 4.10. The fraction of sp³-hybridized carbons (Fsp3) is 0.333. The third-order valence-corrected chi connectivity index (χ3v) is 2.76. The number of nitrogens with one attached hydrogen (secondary N) is 2. The van der Waals surface area contributed by atoms with Crippen LogP contribution in [0.3, 0.4) is 0 Å². The van der Waals surface area contributed by atoms with E-state index in [-0.39, 0.29) is 17.9 Å². The molecule has 1 aliphatic heterocycles. The van der Waals surface area contributed by atoms with E-state index in [2.05, 4.69) is 10.6 Å². The Kier molecular flexibility index (Phi) is 3.39. The Morgan fingerprint density at radius 2 is 2.12 bits per heavy atom. The molecular formula is C12H15N3O2. The molecule has 1 aromatic carbocycles. The van der Waals surface area contributed by atoms with Crippen molar-refractivity contribution in [1.29, 1.82) is 0 Å². The van der Waals surface area contributed by atoms with Gasteiger partial charge in [-0.15, -0.1) is 0 Å². The molecule has 0 saturated carbocycles. The Labute approximate surface area is 99.4 Å². The van der Waals surface area contributed by atoms with Crippen LogP contribution in [0.1, 0.15) is 18.0 Å². The van der Waals surface area contributed by atoms with Gasteiger partial charge in [0.2, 0.25) is 11.8 Å². The van der Waals surface area contributed by atoms with Gasteiger partial charge in [-0.25, -0.2) is 0 Å². The van der Waals surface area contributed by atoms with Crippen LogP contribution >= 0.6 is 0 Å². The summed E-state index contributed by atoms with van der Waals surface area (Å²) in [4.78, 5) is 22.8. The van der Waals surface area contributed by atoms with Gasteiger partial charge in [-0.2, -0.15) is 0 Å². The Bertz CT molecular complexity index is 419. The van der Waals surface area contributed by atoms with Crippen LogP contribution in [0, 0.1) is 0 Å². The summed E-state index contributed by atoms with van der Waals surface area (Å²) in [5.41, 5.74) is 6.60. The van der Waals surface area contributed by atoms with Crippen molar-refractivity contribution >= 4 is 11.8 Å². The molecule has 1 unspecified atom stereocenters. The predicted molar refractivity (Wildman–Crippen MR) is 62.9 cm³/mol. The number of carbonyl (C=O) groups is 2. The van der Waals surface area contributed by atoms with E-state index in [1.54, 1.807) is 0 Å². The second kappa shape index (κ2) is 4.97. The van der Waals surface area contributed by atoms with Gasteiger partial charge in [0, 0.05) is 13.0 Å².